The number of hydroxylamine groups is 1. The molecule has 8 nitrogen and oxygen atoms in total. The molecule has 2 aromatic rings. The summed E-state index contributed by atoms with van der Waals surface area (Å²) in [6.07, 6.45) is 4.53. The van der Waals surface area contributed by atoms with Crippen LogP contribution >= 0.6 is 0 Å². The van der Waals surface area contributed by atoms with E-state index in [1.807, 2.05) is 36.4 Å². The zero-order valence-corrected chi connectivity index (χ0v) is 19.2. The molecule has 0 aromatic heterocycles. The van der Waals surface area contributed by atoms with E-state index >= 15 is 0 Å². The quantitative estimate of drug-likeness (QED) is 0.395. The molecule has 182 valence electrons. The normalized spacial score (nSPS) is 21.5. The summed E-state index contributed by atoms with van der Waals surface area (Å²) in [6.45, 7) is 0.214. The number of allylic oxidation sites excluding steroid dienone is 1. The molecule has 3 unspecified atom stereocenters. The summed E-state index contributed by atoms with van der Waals surface area (Å²) < 4.78 is 5.60. The number of hydrogen-bond donors (Lipinski definition) is 3. The van der Waals surface area contributed by atoms with E-state index in [0.717, 1.165) is 35.1 Å². The maximum atomic E-state index is 12.6. The van der Waals surface area contributed by atoms with Crippen LogP contribution in [-0.4, -0.2) is 41.8 Å². The second-order valence-electron chi connectivity index (χ2n) is 9.35. The van der Waals surface area contributed by atoms with Gasteiger partial charge in [-0.25, -0.2) is 15.1 Å². The first kappa shape index (κ1) is 23.1. The van der Waals surface area contributed by atoms with Gasteiger partial charge in [-0.05, 0) is 53.9 Å². The van der Waals surface area contributed by atoms with Gasteiger partial charge in [-0.1, -0.05) is 60.7 Å². The number of fused-ring (bicyclic) bond motifs is 3. The molecule has 0 spiro atoms. The van der Waals surface area contributed by atoms with Crippen molar-refractivity contribution in [1.29, 1.82) is 0 Å². The molecule has 3 N–H and O–H groups in total. The minimum absolute atomic E-state index is 0.0284. The monoisotopic (exact) mass is 476 g/mol. The van der Waals surface area contributed by atoms with Crippen molar-refractivity contribution >= 4 is 18.0 Å². The molecular weight excluding hydrogens is 448 g/mol. The van der Waals surface area contributed by atoms with Crippen molar-refractivity contribution < 1.29 is 29.1 Å². The predicted octanol–water partition coefficient (Wildman–Crippen LogP) is 3.77. The molecule has 1 fully saturated rings. The van der Waals surface area contributed by atoms with Crippen molar-refractivity contribution in [3.05, 3.63) is 71.8 Å². The maximum Gasteiger partial charge on any atom is 0.407 e. The van der Waals surface area contributed by atoms with E-state index in [4.69, 9.17) is 9.57 Å². The number of rotatable bonds is 8. The summed E-state index contributed by atoms with van der Waals surface area (Å²) in [5, 5.41) is 12.1. The Balaban J connectivity index is 1.13. The fourth-order valence-corrected chi connectivity index (χ4v) is 4.95. The number of hydrogen-bond acceptors (Lipinski definition) is 5. The third kappa shape index (κ3) is 5.07. The van der Waals surface area contributed by atoms with E-state index in [1.165, 1.54) is 0 Å². The molecule has 3 aliphatic rings. The topological polar surface area (TPSA) is 114 Å². The van der Waals surface area contributed by atoms with Crippen molar-refractivity contribution in [2.45, 2.75) is 43.7 Å². The van der Waals surface area contributed by atoms with Crippen LogP contribution in [0.2, 0.25) is 0 Å². The second kappa shape index (κ2) is 9.92. The number of alkyl carbamates (subject to hydrolysis) is 1. The predicted molar refractivity (Wildman–Crippen MR) is 127 cm³/mol. The Bertz CT molecular complexity index is 1110. The van der Waals surface area contributed by atoms with Gasteiger partial charge in [0.05, 0.1) is 6.04 Å². The number of ether oxygens (including phenoxy) is 1. The first-order valence-electron chi connectivity index (χ1n) is 12.0. The van der Waals surface area contributed by atoms with E-state index in [9.17, 15) is 19.5 Å². The molecule has 8 heteroatoms. The molecule has 0 radical (unpaired) electrons. The Morgan fingerprint density at radius 2 is 1.66 bits per heavy atom. The van der Waals surface area contributed by atoms with Gasteiger partial charge < -0.3 is 15.2 Å². The fraction of sp³-hybridized carbons (Fsp3) is 0.370. The number of carboxylic acids is 1. The van der Waals surface area contributed by atoms with Crippen LogP contribution in [0.3, 0.4) is 0 Å². The third-order valence-corrected chi connectivity index (χ3v) is 6.93. The number of carbonyl (C=O) groups excluding carboxylic acids is 2. The van der Waals surface area contributed by atoms with Crippen LogP contribution in [0.15, 0.2) is 60.7 Å². The molecule has 35 heavy (non-hydrogen) atoms. The fourth-order valence-electron chi connectivity index (χ4n) is 4.95. The van der Waals surface area contributed by atoms with Crippen LogP contribution in [0.5, 0.6) is 0 Å². The van der Waals surface area contributed by atoms with Crippen molar-refractivity contribution in [2.24, 2.45) is 11.8 Å². The van der Waals surface area contributed by atoms with Crippen molar-refractivity contribution in [1.82, 2.24) is 10.8 Å². The van der Waals surface area contributed by atoms with Gasteiger partial charge in [0.15, 0.2) is 6.10 Å². The van der Waals surface area contributed by atoms with E-state index in [2.05, 4.69) is 35.1 Å². The molecule has 1 saturated carbocycles. The van der Waals surface area contributed by atoms with E-state index in [0.29, 0.717) is 12.8 Å². The Kier molecular flexibility index (Phi) is 6.55. The molecule has 0 aliphatic heterocycles. The second-order valence-corrected chi connectivity index (χ2v) is 9.35. The molecule has 2 amide bonds. The van der Waals surface area contributed by atoms with Crippen molar-refractivity contribution in [3.63, 3.8) is 0 Å². The SMILES string of the molecule is O=C(NC1C=CCC(C(=O)NOC(C(=O)O)C2CC2)C1)OCC1c2ccccc2-c2ccccc21. The first-order valence-corrected chi connectivity index (χ1v) is 12.0. The van der Waals surface area contributed by atoms with E-state index in [1.54, 1.807) is 0 Å². The smallest absolute Gasteiger partial charge is 0.407 e. The number of benzene rings is 2. The lowest BCUT2D eigenvalue weighted by atomic mass is 9.90. The van der Waals surface area contributed by atoms with Gasteiger partial charge in [0.1, 0.15) is 6.61 Å². The summed E-state index contributed by atoms with van der Waals surface area (Å²) >= 11 is 0. The highest BCUT2D eigenvalue weighted by Gasteiger charge is 2.38. The van der Waals surface area contributed by atoms with Crippen LogP contribution in [0.1, 0.15) is 42.7 Å². The van der Waals surface area contributed by atoms with Crippen molar-refractivity contribution in [2.75, 3.05) is 6.61 Å². The average molecular weight is 477 g/mol. The van der Waals surface area contributed by atoms with Gasteiger partial charge in [-0.15, -0.1) is 0 Å². The van der Waals surface area contributed by atoms with E-state index < -0.39 is 24.1 Å². The largest absolute Gasteiger partial charge is 0.479 e. The molecule has 2 aromatic carbocycles. The van der Waals surface area contributed by atoms with Gasteiger partial charge in [0.25, 0.3) is 0 Å². The Labute approximate surface area is 203 Å². The molecule has 3 aliphatic carbocycles. The highest BCUT2D eigenvalue weighted by Crippen LogP contribution is 2.44. The Hall–Kier alpha value is -3.65. The summed E-state index contributed by atoms with van der Waals surface area (Å²) in [7, 11) is 0. The van der Waals surface area contributed by atoms with Crippen molar-refractivity contribution in [3.8, 4) is 11.1 Å². The number of carbonyl (C=O) groups is 3. The van der Waals surface area contributed by atoms with E-state index in [-0.39, 0.29) is 30.4 Å². The van der Waals surface area contributed by atoms with Crippen LogP contribution in [0.4, 0.5) is 4.79 Å². The molecular formula is C27H28N2O6. The minimum atomic E-state index is -1.08. The lowest BCUT2D eigenvalue weighted by Gasteiger charge is -2.25. The molecule has 0 bridgehead atoms. The van der Waals surface area contributed by atoms with Crippen LogP contribution in [0.25, 0.3) is 11.1 Å². The highest BCUT2D eigenvalue weighted by atomic mass is 16.7. The molecule has 3 atom stereocenters. The summed E-state index contributed by atoms with van der Waals surface area (Å²) in [4.78, 5) is 41.6. The third-order valence-electron chi connectivity index (χ3n) is 6.93. The van der Waals surface area contributed by atoms with Crippen LogP contribution < -0.4 is 10.8 Å². The zero-order valence-electron chi connectivity index (χ0n) is 19.2. The number of carboxylic acid groups (broad SMARTS) is 1. The lowest BCUT2D eigenvalue weighted by Crippen LogP contribution is -2.43. The summed E-state index contributed by atoms with van der Waals surface area (Å²) in [5.41, 5.74) is 6.92. The number of amides is 2. The molecule has 0 heterocycles. The molecule has 5 rings (SSSR count). The van der Waals surface area contributed by atoms with Crippen LogP contribution in [-0.2, 0) is 19.2 Å². The van der Waals surface area contributed by atoms with Gasteiger partial charge >= 0.3 is 12.1 Å². The number of nitrogens with one attached hydrogen (secondary N) is 2. The van der Waals surface area contributed by atoms with Gasteiger partial charge in [0.2, 0.25) is 5.91 Å². The Morgan fingerprint density at radius 1 is 1.00 bits per heavy atom. The highest BCUT2D eigenvalue weighted by molar-refractivity contribution is 5.80. The zero-order chi connectivity index (χ0) is 24.4. The maximum absolute atomic E-state index is 12.6. The minimum Gasteiger partial charge on any atom is -0.479 e. The standard InChI is InChI=1S/C27H28N2O6/c30-25(29-35-24(26(31)32)16-12-13-16)17-6-5-7-18(14-17)28-27(33)34-15-23-21-10-3-1-8-19(21)20-9-2-4-11-22(20)23/h1-5,7-11,16-18,23-24H,6,12-15H2,(H,28,33)(H,29,30)(H,31,32). The van der Waals surface area contributed by atoms with Gasteiger partial charge in [-0.2, -0.15) is 0 Å². The average Bonchev–Trinajstić information content (AvgIpc) is 3.65. The molecule has 0 saturated heterocycles. The van der Waals surface area contributed by atoms with Crippen LogP contribution in [0, 0.1) is 11.8 Å². The van der Waals surface area contributed by atoms with Gasteiger partial charge in [-0.3, -0.25) is 9.63 Å². The first-order chi connectivity index (χ1) is 17.0. The lowest BCUT2D eigenvalue weighted by molar-refractivity contribution is -0.164. The Morgan fingerprint density at radius 3 is 2.29 bits per heavy atom. The summed E-state index contributed by atoms with van der Waals surface area (Å²) in [6, 6.07) is 15.9. The van der Waals surface area contributed by atoms with Gasteiger partial charge in [0, 0.05) is 11.8 Å². The number of aliphatic carboxylic acids is 1. The summed E-state index contributed by atoms with van der Waals surface area (Å²) in [5.74, 6) is -1.99.